The molecule has 0 aliphatic carbocycles. The van der Waals surface area contributed by atoms with Gasteiger partial charge in [-0.3, -0.25) is 14.4 Å². The molecule has 0 aromatic carbocycles. The first-order valence-electron chi connectivity index (χ1n) is 7.78. The number of rotatable bonds is 8. The van der Waals surface area contributed by atoms with Crippen LogP contribution in [-0.4, -0.2) is 55.6 Å². The Balaban J connectivity index is 1.80. The zero-order valence-electron chi connectivity index (χ0n) is 13.8. The Morgan fingerprint density at radius 3 is 2.96 bits per heavy atom. The molecule has 1 aromatic rings. The van der Waals surface area contributed by atoms with E-state index in [-0.39, 0.29) is 18.9 Å². The van der Waals surface area contributed by atoms with E-state index in [2.05, 4.69) is 5.32 Å². The molecule has 1 aliphatic heterocycles. The van der Waals surface area contributed by atoms with E-state index >= 15 is 0 Å². The minimum Gasteiger partial charge on any atom is -0.467 e. The minimum atomic E-state index is -0.913. The number of nitrogens with one attached hydrogen (secondary N) is 1. The third kappa shape index (κ3) is 4.82. The summed E-state index contributed by atoms with van der Waals surface area (Å²) in [6.07, 6.45) is 0.701. The summed E-state index contributed by atoms with van der Waals surface area (Å²) >= 11 is 0. The van der Waals surface area contributed by atoms with E-state index in [1.807, 2.05) is 0 Å². The topological polar surface area (TPSA) is 98.1 Å². The van der Waals surface area contributed by atoms with E-state index in [0.717, 1.165) is 0 Å². The van der Waals surface area contributed by atoms with Crippen LogP contribution in [0.15, 0.2) is 22.8 Å². The molecule has 1 fully saturated rings. The molecule has 1 N–H and O–H groups in total. The molecule has 0 unspecified atom stereocenters. The van der Waals surface area contributed by atoms with E-state index in [4.69, 9.17) is 13.9 Å². The van der Waals surface area contributed by atoms with E-state index in [1.165, 1.54) is 20.3 Å². The summed E-state index contributed by atoms with van der Waals surface area (Å²) in [5, 5.41) is 2.60. The Morgan fingerprint density at radius 2 is 2.29 bits per heavy atom. The third-order valence-corrected chi connectivity index (χ3v) is 3.74. The van der Waals surface area contributed by atoms with E-state index < -0.39 is 23.9 Å². The van der Waals surface area contributed by atoms with Crippen LogP contribution in [0, 0.1) is 5.92 Å². The van der Waals surface area contributed by atoms with Gasteiger partial charge in [0.25, 0.3) is 5.91 Å². The molecule has 2 rings (SSSR count). The molecule has 1 aliphatic rings. The van der Waals surface area contributed by atoms with Crippen molar-refractivity contribution in [1.82, 2.24) is 10.2 Å². The van der Waals surface area contributed by atoms with Gasteiger partial charge in [-0.1, -0.05) is 0 Å². The molecular formula is C16H22N2O6. The van der Waals surface area contributed by atoms with Crippen molar-refractivity contribution in [3.8, 4) is 0 Å². The van der Waals surface area contributed by atoms with Crippen LogP contribution in [0.5, 0.6) is 0 Å². The molecule has 8 heteroatoms. The van der Waals surface area contributed by atoms with Crippen LogP contribution in [-0.2, 0) is 30.4 Å². The zero-order chi connectivity index (χ0) is 17.5. The predicted molar refractivity (Wildman–Crippen MR) is 82.7 cm³/mol. The molecule has 0 radical (unpaired) electrons. The monoisotopic (exact) mass is 338 g/mol. The van der Waals surface area contributed by atoms with Crippen molar-refractivity contribution in [1.29, 1.82) is 0 Å². The lowest BCUT2D eigenvalue weighted by Gasteiger charge is -2.17. The Kier molecular flexibility index (Phi) is 6.36. The van der Waals surface area contributed by atoms with Crippen molar-refractivity contribution in [2.24, 2.45) is 5.92 Å². The molecule has 24 heavy (non-hydrogen) atoms. The number of ether oxygens (including phenoxy) is 2. The van der Waals surface area contributed by atoms with Gasteiger partial charge in [0.15, 0.2) is 6.10 Å². The number of likely N-dealkylation sites (tertiary alicyclic amines) is 1. The summed E-state index contributed by atoms with van der Waals surface area (Å²) in [6, 6.07) is 3.51. The molecule has 8 nitrogen and oxygen atoms in total. The van der Waals surface area contributed by atoms with Crippen LogP contribution >= 0.6 is 0 Å². The molecule has 1 aromatic heterocycles. The van der Waals surface area contributed by atoms with Gasteiger partial charge in [-0.05, 0) is 19.1 Å². The number of methoxy groups -OCH3 is 1. The SMILES string of the molecule is COCCNC(=O)[C@H](C)OC(=O)[C@@H]1CC(=O)N(Cc2ccco2)C1. The first kappa shape index (κ1) is 18.0. The van der Waals surface area contributed by atoms with Gasteiger partial charge in [0, 0.05) is 26.6 Å². The maximum Gasteiger partial charge on any atom is 0.312 e. The fraction of sp³-hybridized carbons (Fsp3) is 0.562. The molecule has 0 spiro atoms. The number of furan rings is 1. The van der Waals surface area contributed by atoms with Crippen LogP contribution in [0.4, 0.5) is 0 Å². The van der Waals surface area contributed by atoms with E-state index in [9.17, 15) is 14.4 Å². The summed E-state index contributed by atoms with van der Waals surface area (Å²) in [5.41, 5.74) is 0. The Hall–Kier alpha value is -2.35. The maximum atomic E-state index is 12.2. The fourth-order valence-electron chi connectivity index (χ4n) is 2.42. The lowest BCUT2D eigenvalue weighted by molar-refractivity contribution is -0.158. The number of hydrogen-bond acceptors (Lipinski definition) is 6. The van der Waals surface area contributed by atoms with Crippen LogP contribution in [0.2, 0.25) is 0 Å². The van der Waals surface area contributed by atoms with Gasteiger partial charge in [0.2, 0.25) is 5.91 Å². The van der Waals surface area contributed by atoms with E-state index in [1.54, 1.807) is 17.0 Å². The molecular weight excluding hydrogens is 316 g/mol. The Labute approximate surface area is 140 Å². The average Bonchev–Trinajstić information content (AvgIpc) is 3.18. The van der Waals surface area contributed by atoms with Gasteiger partial charge < -0.3 is 24.1 Å². The number of amides is 2. The Bertz CT molecular complexity index is 571. The van der Waals surface area contributed by atoms with Gasteiger partial charge in [-0.25, -0.2) is 0 Å². The lowest BCUT2D eigenvalue weighted by atomic mass is 10.1. The van der Waals surface area contributed by atoms with Gasteiger partial charge in [-0.2, -0.15) is 0 Å². The van der Waals surface area contributed by atoms with E-state index in [0.29, 0.717) is 25.5 Å². The molecule has 0 bridgehead atoms. The van der Waals surface area contributed by atoms with Crippen molar-refractivity contribution in [2.45, 2.75) is 26.0 Å². The summed E-state index contributed by atoms with van der Waals surface area (Å²) in [7, 11) is 1.53. The highest BCUT2D eigenvalue weighted by Gasteiger charge is 2.36. The van der Waals surface area contributed by atoms with Gasteiger partial charge in [-0.15, -0.1) is 0 Å². The number of carbonyl (C=O) groups excluding carboxylic acids is 3. The molecule has 0 saturated carbocycles. The highest BCUT2D eigenvalue weighted by Crippen LogP contribution is 2.22. The molecule has 1 saturated heterocycles. The second-order valence-electron chi connectivity index (χ2n) is 5.62. The Morgan fingerprint density at radius 1 is 1.50 bits per heavy atom. The van der Waals surface area contributed by atoms with Gasteiger partial charge >= 0.3 is 5.97 Å². The van der Waals surface area contributed by atoms with Crippen molar-refractivity contribution >= 4 is 17.8 Å². The number of hydrogen-bond donors (Lipinski definition) is 1. The van der Waals surface area contributed by atoms with Crippen LogP contribution < -0.4 is 5.32 Å². The molecule has 132 valence electrons. The van der Waals surface area contributed by atoms with Gasteiger partial charge in [0.05, 0.1) is 25.3 Å². The second kappa shape index (κ2) is 8.49. The predicted octanol–water partition coefficient (Wildman–Crippen LogP) is 0.322. The van der Waals surface area contributed by atoms with Crippen molar-refractivity contribution in [2.75, 3.05) is 26.8 Å². The summed E-state index contributed by atoms with van der Waals surface area (Å²) in [5.74, 6) is -0.979. The minimum absolute atomic E-state index is 0.0809. The summed E-state index contributed by atoms with van der Waals surface area (Å²) in [4.78, 5) is 37.5. The lowest BCUT2D eigenvalue weighted by Crippen LogP contribution is -2.38. The van der Waals surface area contributed by atoms with Crippen molar-refractivity contribution in [3.63, 3.8) is 0 Å². The highest BCUT2D eigenvalue weighted by molar-refractivity contribution is 5.88. The quantitative estimate of drug-likeness (QED) is 0.541. The first-order valence-corrected chi connectivity index (χ1v) is 7.78. The zero-order valence-corrected chi connectivity index (χ0v) is 13.8. The number of esters is 1. The second-order valence-corrected chi connectivity index (χ2v) is 5.62. The molecule has 2 atom stereocenters. The highest BCUT2D eigenvalue weighted by atomic mass is 16.5. The summed E-state index contributed by atoms with van der Waals surface area (Å²) in [6.45, 7) is 2.80. The summed E-state index contributed by atoms with van der Waals surface area (Å²) < 4.78 is 15.2. The average molecular weight is 338 g/mol. The van der Waals surface area contributed by atoms with Crippen molar-refractivity contribution in [3.05, 3.63) is 24.2 Å². The largest absolute Gasteiger partial charge is 0.467 e. The van der Waals surface area contributed by atoms with Crippen molar-refractivity contribution < 1.29 is 28.3 Å². The number of nitrogens with zero attached hydrogens (tertiary/aromatic N) is 1. The molecule has 2 heterocycles. The smallest absolute Gasteiger partial charge is 0.312 e. The van der Waals surface area contributed by atoms with Crippen LogP contribution in [0.3, 0.4) is 0 Å². The molecule has 2 amide bonds. The maximum absolute atomic E-state index is 12.2. The first-order chi connectivity index (χ1) is 11.5. The normalized spacial score (nSPS) is 18.5. The third-order valence-electron chi connectivity index (χ3n) is 3.74. The van der Waals surface area contributed by atoms with Crippen LogP contribution in [0.1, 0.15) is 19.1 Å². The van der Waals surface area contributed by atoms with Gasteiger partial charge in [0.1, 0.15) is 5.76 Å². The van der Waals surface area contributed by atoms with Crippen LogP contribution in [0.25, 0.3) is 0 Å². The fourth-order valence-corrected chi connectivity index (χ4v) is 2.42. The number of carbonyl (C=O) groups is 3. The standard InChI is InChI=1S/C16H22N2O6/c1-11(15(20)17-5-7-22-2)24-16(21)12-8-14(19)18(9-12)10-13-4-3-6-23-13/h3-4,6,11-12H,5,7-10H2,1-2H3,(H,17,20)/t11-,12+/m0/s1.